The molecule has 0 unspecified atom stereocenters. The van der Waals surface area contributed by atoms with Crippen LogP contribution >= 0.6 is 0 Å². The number of nitrogens with zero attached hydrogens (tertiary/aromatic N) is 3. The Morgan fingerprint density at radius 2 is 1.17 bits per heavy atom. The van der Waals surface area contributed by atoms with E-state index in [-0.39, 0.29) is 48.6 Å². The largest absolute Gasteiger partial charge is 0.507 e. The summed E-state index contributed by atoms with van der Waals surface area (Å²) in [5, 5.41) is 12.6. The van der Waals surface area contributed by atoms with Gasteiger partial charge in [-0.15, -0.1) is 29.3 Å². The molecule has 0 saturated heterocycles. The number of pyridine rings is 1. The number of phenolic OH excluding ortho intramolecular Hbond substituents is 1. The van der Waals surface area contributed by atoms with Crippen molar-refractivity contribution < 1.29 is 30.3 Å². The van der Waals surface area contributed by atoms with Gasteiger partial charge in [0.25, 0.3) is 0 Å². The van der Waals surface area contributed by atoms with Gasteiger partial charge in [-0.2, -0.15) is 0 Å². The van der Waals surface area contributed by atoms with Crippen LogP contribution in [0, 0.1) is 19.8 Å². The summed E-state index contributed by atoms with van der Waals surface area (Å²) in [5.41, 5.74) is 14.8. The Morgan fingerprint density at radius 1 is 0.554 bits per heavy atom. The van der Waals surface area contributed by atoms with Crippen LogP contribution in [0.25, 0.3) is 72.7 Å². The van der Waals surface area contributed by atoms with Crippen LogP contribution in [0.15, 0.2) is 128 Å². The first-order chi connectivity index (χ1) is 31.2. The van der Waals surface area contributed by atoms with Gasteiger partial charge in [-0.1, -0.05) is 184 Å². The summed E-state index contributed by atoms with van der Waals surface area (Å²) in [4.78, 5) is 10.5. The first-order valence-corrected chi connectivity index (χ1v) is 22.5. The molecule has 0 aliphatic heterocycles. The molecule has 0 bridgehead atoms. The number of para-hydroxylation sites is 1. The van der Waals surface area contributed by atoms with Crippen LogP contribution in [0.1, 0.15) is 121 Å². The molecule has 0 saturated carbocycles. The third-order valence-electron chi connectivity index (χ3n) is 12.5. The van der Waals surface area contributed by atoms with Gasteiger partial charge in [0, 0.05) is 48.2 Å². The van der Waals surface area contributed by atoms with Gasteiger partial charge in [0.2, 0.25) is 0 Å². The molecule has 2 aromatic heterocycles. The van der Waals surface area contributed by atoms with Crippen LogP contribution in [-0.4, -0.2) is 19.6 Å². The quantitative estimate of drug-likeness (QED) is 0.169. The number of aryl methyl sites for hydroxylation is 2. The zero-order valence-electron chi connectivity index (χ0n) is 43.2. The van der Waals surface area contributed by atoms with Crippen LogP contribution in [0.4, 0.5) is 0 Å². The van der Waals surface area contributed by atoms with Gasteiger partial charge in [0.1, 0.15) is 11.6 Å². The summed E-state index contributed by atoms with van der Waals surface area (Å²) in [6.07, 6.45) is 1.87. The Balaban J connectivity index is 0.00000684. The van der Waals surface area contributed by atoms with E-state index in [2.05, 4.69) is 192 Å². The van der Waals surface area contributed by atoms with Gasteiger partial charge in [-0.25, -0.2) is 4.98 Å². The Morgan fingerprint density at radius 3 is 1.80 bits per heavy atom. The van der Waals surface area contributed by atoms with Crippen LogP contribution in [0.5, 0.6) is 5.75 Å². The molecule has 0 atom stereocenters. The maximum Gasteiger partial charge on any atom is 0.148 e. The third-order valence-corrected chi connectivity index (χ3v) is 12.5. The fourth-order valence-corrected chi connectivity index (χ4v) is 8.45. The predicted molar refractivity (Wildman–Crippen MR) is 271 cm³/mol. The smallest absolute Gasteiger partial charge is 0.148 e. The number of hydrogen-bond acceptors (Lipinski definition) is 3. The number of aromatic hydroxyl groups is 1. The standard InChI is InChI=1S/C60H64N3O.Pt/c1-37-18-21-39(22-19-37)41-28-29-61-51(34-41)43-31-42(32-45(33-43)58(6,7)8)47-16-15-17-53-54(47)62-56(49-35-46(59(9,10)11)36-50(55(49)64)60(12,13)14)63(53)52-27-20-38(2)30-48(52)40-23-25-44(26-24-40)57(3,4)5;/h15-30,32-36,64H,1-14H3;/q-1;/i2D3;. The molecule has 8 rings (SSSR count). The number of rotatable bonds is 6. The van der Waals surface area contributed by atoms with Crippen LogP contribution in [0.3, 0.4) is 0 Å². The first kappa shape index (κ1) is 43.3. The van der Waals surface area contributed by atoms with Crippen molar-refractivity contribution in [3.05, 3.63) is 167 Å². The number of hydrogen-bond donors (Lipinski definition) is 1. The molecule has 4 nitrogen and oxygen atoms in total. The SMILES string of the molecule is [2H]C([2H])([2H])c1ccc(-n2c(-c3cc(C(C)(C)C)cc(C(C)(C)C)c3O)nc3c(-c4[c-]c(-c5cc(-c6ccc(C)cc6)ccn5)cc(C(C)(C)C)c4)cccc32)c(-c2ccc(C(C)(C)C)cc2)c1.[Pt]. The molecule has 6 aromatic carbocycles. The Bertz CT molecular complexity index is 3150. The van der Waals surface area contributed by atoms with Crippen molar-refractivity contribution >= 4 is 11.0 Å². The van der Waals surface area contributed by atoms with Gasteiger partial charge >= 0.3 is 0 Å². The van der Waals surface area contributed by atoms with E-state index < -0.39 is 12.3 Å². The summed E-state index contributed by atoms with van der Waals surface area (Å²) in [6, 6.07) is 45.2. The fraction of sp³-hybridized carbons (Fsp3) is 0.300. The number of imidazole rings is 1. The van der Waals surface area contributed by atoms with Crippen molar-refractivity contribution in [2.24, 2.45) is 0 Å². The maximum atomic E-state index is 12.6. The van der Waals surface area contributed by atoms with Crippen LogP contribution in [0.2, 0.25) is 0 Å². The molecule has 0 aliphatic carbocycles. The summed E-state index contributed by atoms with van der Waals surface area (Å²) in [6.45, 7) is 25.9. The maximum absolute atomic E-state index is 12.6. The van der Waals surface area contributed by atoms with E-state index in [9.17, 15) is 5.11 Å². The van der Waals surface area contributed by atoms with Gasteiger partial charge in [-0.3, -0.25) is 9.55 Å². The average molecular weight is 1040 g/mol. The predicted octanol–water partition coefficient (Wildman–Crippen LogP) is 16.1. The monoisotopic (exact) mass is 1040 g/mol. The van der Waals surface area contributed by atoms with Crippen molar-refractivity contribution in [2.45, 2.75) is 119 Å². The topological polar surface area (TPSA) is 50.9 Å². The second-order valence-electron chi connectivity index (χ2n) is 21.7. The molecule has 0 fully saturated rings. The molecule has 0 radical (unpaired) electrons. The average Bonchev–Trinajstić information content (AvgIpc) is 3.64. The summed E-state index contributed by atoms with van der Waals surface area (Å²) in [7, 11) is 0. The van der Waals surface area contributed by atoms with E-state index in [4.69, 9.17) is 14.1 Å². The van der Waals surface area contributed by atoms with Crippen LogP contribution < -0.4 is 0 Å². The van der Waals surface area contributed by atoms with E-state index in [1.807, 2.05) is 24.4 Å². The van der Waals surface area contributed by atoms with Crippen molar-refractivity contribution in [2.75, 3.05) is 0 Å². The minimum Gasteiger partial charge on any atom is -0.507 e. The second kappa shape index (κ2) is 17.3. The fourth-order valence-electron chi connectivity index (χ4n) is 8.45. The van der Waals surface area contributed by atoms with Crippen molar-refractivity contribution in [1.82, 2.24) is 14.5 Å². The van der Waals surface area contributed by atoms with Crippen LogP contribution in [-0.2, 0) is 42.7 Å². The number of benzene rings is 6. The number of phenols is 1. The third kappa shape index (κ3) is 9.57. The van der Waals surface area contributed by atoms with E-state index in [1.54, 1.807) is 12.1 Å². The molecular weight excluding hydrogens is 974 g/mol. The Kier molecular flexibility index (Phi) is 11.6. The van der Waals surface area contributed by atoms with E-state index >= 15 is 0 Å². The molecule has 336 valence electrons. The molecule has 65 heavy (non-hydrogen) atoms. The van der Waals surface area contributed by atoms with E-state index in [0.717, 1.165) is 78.0 Å². The number of aromatic nitrogens is 3. The minimum atomic E-state index is -2.34. The molecular formula is C60H64N3OPt-. The van der Waals surface area contributed by atoms with Crippen molar-refractivity contribution in [3.63, 3.8) is 0 Å². The molecule has 0 amide bonds. The second-order valence-corrected chi connectivity index (χ2v) is 21.7. The van der Waals surface area contributed by atoms with Gasteiger partial charge in [0.05, 0.1) is 22.3 Å². The van der Waals surface area contributed by atoms with Gasteiger partial charge < -0.3 is 5.11 Å². The molecule has 0 spiro atoms. The molecule has 0 aliphatic rings. The minimum absolute atomic E-state index is 0. The summed E-state index contributed by atoms with van der Waals surface area (Å²) in [5.74, 6) is 0.710. The summed E-state index contributed by atoms with van der Waals surface area (Å²) >= 11 is 0. The van der Waals surface area contributed by atoms with Crippen molar-refractivity contribution in [1.29, 1.82) is 0 Å². The molecule has 2 heterocycles. The van der Waals surface area contributed by atoms with Gasteiger partial charge in [0.15, 0.2) is 0 Å². The zero-order chi connectivity index (χ0) is 48.6. The van der Waals surface area contributed by atoms with Crippen molar-refractivity contribution in [3.8, 4) is 67.5 Å². The normalized spacial score (nSPS) is 13.3. The number of fused-ring (bicyclic) bond motifs is 1. The first-order valence-electron chi connectivity index (χ1n) is 24.0. The van der Waals surface area contributed by atoms with Gasteiger partial charge in [-0.05, 0) is 93.6 Å². The molecule has 8 aromatic rings. The zero-order valence-corrected chi connectivity index (χ0v) is 42.5. The van der Waals surface area contributed by atoms with E-state index in [1.165, 1.54) is 11.1 Å². The Hall–Kier alpha value is -5.57. The Labute approximate surface area is 406 Å². The molecule has 1 N–H and O–H groups in total. The van der Waals surface area contributed by atoms with E-state index in [0.29, 0.717) is 11.4 Å². The molecule has 5 heteroatoms. The summed E-state index contributed by atoms with van der Waals surface area (Å²) < 4.78 is 27.6.